The lowest BCUT2D eigenvalue weighted by Crippen LogP contribution is -2.09. The van der Waals surface area contributed by atoms with Crippen molar-refractivity contribution in [2.24, 2.45) is 5.92 Å². The maximum Gasteiger partial charge on any atom is 0.142 e. The SMILES string of the molecule is CC(C)C1c2ccccc2COc2c(Cl)cccc21. The predicted octanol–water partition coefficient (Wildman–Crippen LogP) is 5.02. The zero-order chi connectivity index (χ0) is 13.4. The highest BCUT2D eigenvalue weighted by atomic mass is 35.5. The van der Waals surface area contributed by atoms with Gasteiger partial charge in [-0.25, -0.2) is 0 Å². The Hall–Kier alpha value is -1.47. The van der Waals surface area contributed by atoms with Crippen molar-refractivity contribution in [1.29, 1.82) is 0 Å². The van der Waals surface area contributed by atoms with Crippen molar-refractivity contribution in [3.8, 4) is 5.75 Å². The maximum absolute atomic E-state index is 6.30. The second-order valence-corrected chi connectivity index (χ2v) is 5.77. The van der Waals surface area contributed by atoms with Crippen LogP contribution < -0.4 is 4.74 Å². The molecule has 0 aliphatic carbocycles. The molecule has 0 radical (unpaired) electrons. The highest BCUT2D eigenvalue weighted by Gasteiger charge is 2.27. The van der Waals surface area contributed by atoms with Gasteiger partial charge in [0, 0.05) is 11.5 Å². The average Bonchev–Trinajstić information content (AvgIpc) is 2.56. The first-order valence-corrected chi connectivity index (χ1v) is 7.05. The van der Waals surface area contributed by atoms with E-state index in [0.717, 1.165) is 5.75 Å². The van der Waals surface area contributed by atoms with Gasteiger partial charge in [0.05, 0.1) is 5.02 Å². The van der Waals surface area contributed by atoms with Gasteiger partial charge >= 0.3 is 0 Å². The van der Waals surface area contributed by atoms with Gasteiger partial charge < -0.3 is 4.74 Å². The van der Waals surface area contributed by atoms with Crippen molar-refractivity contribution in [3.05, 3.63) is 64.2 Å². The molecule has 0 saturated heterocycles. The monoisotopic (exact) mass is 272 g/mol. The van der Waals surface area contributed by atoms with Crippen LogP contribution in [0.25, 0.3) is 0 Å². The van der Waals surface area contributed by atoms with Gasteiger partial charge in [0.1, 0.15) is 12.4 Å². The minimum absolute atomic E-state index is 0.340. The lowest BCUT2D eigenvalue weighted by molar-refractivity contribution is 0.306. The fraction of sp³-hybridized carbons (Fsp3) is 0.294. The lowest BCUT2D eigenvalue weighted by Gasteiger charge is -2.23. The number of halogens is 1. The van der Waals surface area contributed by atoms with Crippen molar-refractivity contribution in [3.63, 3.8) is 0 Å². The molecule has 1 aliphatic rings. The molecule has 0 fully saturated rings. The molecule has 98 valence electrons. The summed E-state index contributed by atoms with van der Waals surface area (Å²) in [7, 11) is 0. The molecule has 0 spiro atoms. The third-order valence-corrected chi connectivity index (χ3v) is 4.06. The van der Waals surface area contributed by atoms with E-state index in [2.05, 4.69) is 44.2 Å². The van der Waals surface area contributed by atoms with Crippen molar-refractivity contribution in [1.82, 2.24) is 0 Å². The molecule has 0 saturated carbocycles. The first-order chi connectivity index (χ1) is 9.18. The average molecular weight is 273 g/mol. The Morgan fingerprint density at radius 1 is 1.05 bits per heavy atom. The highest BCUT2D eigenvalue weighted by Crippen LogP contribution is 2.44. The first-order valence-electron chi connectivity index (χ1n) is 6.67. The van der Waals surface area contributed by atoms with Gasteiger partial charge in [-0.05, 0) is 23.1 Å². The first kappa shape index (κ1) is 12.6. The summed E-state index contributed by atoms with van der Waals surface area (Å²) >= 11 is 6.30. The van der Waals surface area contributed by atoms with Gasteiger partial charge in [0.2, 0.25) is 0 Å². The summed E-state index contributed by atoms with van der Waals surface area (Å²) in [6, 6.07) is 14.6. The molecule has 19 heavy (non-hydrogen) atoms. The van der Waals surface area contributed by atoms with Crippen LogP contribution >= 0.6 is 11.6 Å². The largest absolute Gasteiger partial charge is 0.487 e. The predicted molar refractivity (Wildman–Crippen MR) is 78.9 cm³/mol. The number of benzene rings is 2. The van der Waals surface area contributed by atoms with E-state index < -0.39 is 0 Å². The van der Waals surface area contributed by atoms with Crippen LogP contribution in [0.4, 0.5) is 0 Å². The number of fused-ring (bicyclic) bond motifs is 2. The molecule has 1 nitrogen and oxygen atoms in total. The Morgan fingerprint density at radius 2 is 1.79 bits per heavy atom. The fourth-order valence-electron chi connectivity index (χ4n) is 2.93. The van der Waals surface area contributed by atoms with Crippen LogP contribution in [-0.4, -0.2) is 0 Å². The topological polar surface area (TPSA) is 9.23 Å². The van der Waals surface area contributed by atoms with Crippen molar-refractivity contribution >= 4 is 11.6 Å². The second kappa shape index (κ2) is 4.90. The molecular weight excluding hydrogens is 256 g/mol. The van der Waals surface area contributed by atoms with Crippen molar-refractivity contribution in [2.75, 3.05) is 0 Å². The smallest absolute Gasteiger partial charge is 0.142 e. The van der Waals surface area contributed by atoms with Crippen LogP contribution in [-0.2, 0) is 6.61 Å². The van der Waals surface area contributed by atoms with E-state index >= 15 is 0 Å². The van der Waals surface area contributed by atoms with E-state index in [1.807, 2.05) is 12.1 Å². The van der Waals surface area contributed by atoms with E-state index in [0.29, 0.717) is 23.5 Å². The molecule has 2 heteroatoms. The standard InChI is InChI=1S/C17H17ClO/c1-11(2)16-13-7-4-3-6-12(13)10-19-17-14(16)8-5-9-15(17)18/h3-9,11,16H,10H2,1-2H3. The molecule has 1 heterocycles. The van der Waals surface area contributed by atoms with Crippen molar-refractivity contribution in [2.45, 2.75) is 26.4 Å². The van der Waals surface area contributed by atoms with Crippen LogP contribution in [0.15, 0.2) is 42.5 Å². The summed E-state index contributed by atoms with van der Waals surface area (Å²) in [6.45, 7) is 5.09. The van der Waals surface area contributed by atoms with Gasteiger partial charge in [-0.15, -0.1) is 0 Å². The number of para-hydroxylation sites is 1. The highest BCUT2D eigenvalue weighted by molar-refractivity contribution is 6.32. The van der Waals surface area contributed by atoms with E-state index in [1.165, 1.54) is 16.7 Å². The van der Waals surface area contributed by atoms with Gasteiger partial charge in [-0.3, -0.25) is 0 Å². The molecule has 1 unspecified atom stereocenters. The Balaban J connectivity index is 2.24. The van der Waals surface area contributed by atoms with E-state index in [9.17, 15) is 0 Å². The number of hydrogen-bond acceptors (Lipinski definition) is 1. The maximum atomic E-state index is 6.30. The van der Waals surface area contributed by atoms with Crippen LogP contribution in [0.5, 0.6) is 5.75 Å². The van der Waals surface area contributed by atoms with E-state index in [-0.39, 0.29) is 0 Å². The molecule has 1 aliphatic heterocycles. The quantitative estimate of drug-likeness (QED) is 0.708. The molecule has 0 N–H and O–H groups in total. The van der Waals surface area contributed by atoms with Crippen LogP contribution in [0.2, 0.25) is 5.02 Å². The minimum Gasteiger partial charge on any atom is -0.487 e. The summed E-state index contributed by atoms with van der Waals surface area (Å²) in [5.41, 5.74) is 3.82. The summed E-state index contributed by atoms with van der Waals surface area (Å²) in [5, 5.41) is 0.705. The van der Waals surface area contributed by atoms with Crippen LogP contribution in [0.3, 0.4) is 0 Å². The van der Waals surface area contributed by atoms with Gasteiger partial charge in [-0.2, -0.15) is 0 Å². The molecule has 3 rings (SSSR count). The van der Waals surface area contributed by atoms with Crippen molar-refractivity contribution < 1.29 is 4.74 Å². The third-order valence-electron chi connectivity index (χ3n) is 3.76. The van der Waals surface area contributed by atoms with Gasteiger partial charge in [0.25, 0.3) is 0 Å². The minimum atomic E-state index is 0.340. The number of ether oxygens (including phenoxy) is 1. The van der Waals surface area contributed by atoms with E-state index in [1.54, 1.807) is 0 Å². The summed E-state index contributed by atoms with van der Waals surface area (Å²) in [4.78, 5) is 0. The fourth-order valence-corrected chi connectivity index (χ4v) is 3.16. The van der Waals surface area contributed by atoms with Gasteiger partial charge in [0.15, 0.2) is 0 Å². The summed E-state index contributed by atoms with van der Waals surface area (Å²) in [5.74, 6) is 1.69. The number of hydrogen-bond donors (Lipinski definition) is 0. The van der Waals surface area contributed by atoms with E-state index in [4.69, 9.17) is 16.3 Å². The molecular formula is C17H17ClO. The summed E-state index contributed by atoms with van der Waals surface area (Å²) < 4.78 is 5.95. The third kappa shape index (κ3) is 2.12. The molecule has 0 amide bonds. The van der Waals surface area contributed by atoms with Crippen LogP contribution in [0.1, 0.15) is 36.5 Å². The molecule has 1 atom stereocenters. The lowest BCUT2D eigenvalue weighted by atomic mass is 9.81. The molecule has 2 aromatic carbocycles. The van der Waals surface area contributed by atoms with Gasteiger partial charge in [-0.1, -0.05) is 61.8 Å². The zero-order valence-corrected chi connectivity index (χ0v) is 11.9. The Kier molecular flexibility index (Phi) is 3.24. The Labute approximate surface area is 119 Å². The molecule has 0 aromatic heterocycles. The second-order valence-electron chi connectivity index (χ2n) is 5.37. The molecule has 2 aromatic rings. The Morgan fingerprint density at radius 3 is 2.58 bits per heavy atom. The number of rotatable bonds is 1. The zero-order valence-electron chi connectivity index (χ0n) is 11.2. The summed E-state index contributed by atoms with van der Waals surface area (Å²) in [6.07, 6.45) is 0. The Bertz CT molecular complexity index is 604. The molecule has 0 bridgehead atoms. The normalized spacial score (nSPS) is 17.4. The van der Waals surface area contributed by atoms with Crippen LogP contribution in [0, 0.1) is 5.92 Å².